The minimum Gasteiger partial charge on any atom is -0.371 e. The summed E-state index contributed by atoms with van der Waals surface area (Å²) in [6.45, 7) is 10.4. The van der Waals surface area contributed by atoms with Gasteiger partial charge in [0, 0.05) is 131 Å². The van der Waals surface area contributed by atoms with Crippen molar-refractivity contribution in [3.8, 4) is 0 Å². The fourth-order valence-electron chi connectivity index (χ4n) is 0.988. The van der Waals surface area contributed by atoms with Crippen molar-refractivity contribution in [1.29, 1.82) is 0 Å². The van der Waals surface area contributed by atoms with Gasteiger partial charge in [-0.05, 0) is 5.92 Å². The summed E-state index contributed by atoms with van der Waals surface area (Å²) in [6, 6.07) is 9.55. The Bertz CT molecular complexity index is 220. The molecule has 1 aromatic carbocycles. The molecule has 1 aromatic rings. The minimum atomic E-state index is 0. The quantitative estimate of drug-likeness (QED) is 0.441. The molecule has 0 atom stereocenters. The Hall–Kier alpha value is 3.51. The van der Waals surface area contributed by atoms with E-state index in [9.17, 15) is 0 Å². The molecule has 0 fully saturated rings. The normalized spacial score (nSPS) is 6.21. The molecule has 0 aliphatic rings. The maximum absolute atomic E-state index is 3.21. The van der Waals surface area contributed by atoms with E-state index >= 15 is 0 Å². The predicted molar refractivity (Wildman–Crippen MR) is 72.6 cm³/mol. The topological polar surface area (TPSA) is 0 Å². The third-order valence-corrected chi connectivity index (χ3v) is 1.84. The van der Waals surface area contributed by atoms with Crippen molar-refractivity contribution in [2.75, 3.05) is 0 Å². The molecular weight excluding hydrogens is 536 g/mol. The molecule has 0 N–H and O–H groups in total. The second-order valence-corrected chi connectivity index (χ2v) is 3.02. The number of benzene rings is 1. The Morgan fingerprint density at radius 3 is 1.58 bits per heavy atom. The predicted octanol–water partition coefficient (Wildman–Crippen LogP) is 5.10. The van der Waals surface area contributed by atoms with Crippen molar-refractivity contribution < 1.29 is 131 Å². The summed E-state index contributed by atoms with van der Waals surface area (Å²) in [7, 11) is 0. The van der Waals surface area contributed by atoms with Gasteiger partial charge in [-0.15, -0.1) is 6.92 Å². The van der Waals surface area contributed by atoms with E-state index < -0.39 is 0 Å². The summed E-state index contributed by atoms with van der Waals surface area (Å²) in [4.78, 5) is 0. The van der Waals surface area contributed by atoms with E-state index in [0.29, 0.717) is 5.92 Å². The Morgan fingerprint density at radius 2 is 1.37 bits per heavy atom. The van der Waals surface area contributed by atoms with Crippen LogP contribution in [0.5, 0.6) is 0 Å². The van der Waals surface area contributed by atoms with Crippen LogP contribution in [-0.2, 0) is 131 Å². The Labute approximate surface area is 223 Å². The average Bonchev–Trinajstić information content (AvgIpc) is 2.21. The van der Waals surface area contributed by atoms with Crippen molar-refractivity contribution in [3.05, 3.63) is 56.7 Å². The molecule has 0 aliphatic carbocycles. The zero-order chi connectivity index (χ0) is 10.3. The monoisotopic (exact) mass is 562 g/mol. The van der Waals surface area contributed by atoms with Gasteiger partial charge in [0.15, 0.2) is 0 Å². The molecule has 1 rings (SSSR count). The maximum atomic E-state index is 3.21. The summed E-state index contributed by atoms with van der Waals surface area (Å²) in [5, 5.41) is 0. The van der Waals surface area contributed by atoms with E-state index in [1.165, 1.54) is 11.1 Å². The number of rotatable bonds is 2. The van der Waals surface area contributed by atoms with Gasteiger partial charge in [-0.2, -0.15) is 12.1 Å². The molecule has 0 heterocycles. The van der Waals surface area contributed by atoms with Crippen molar-refractivity contribution >= 4 is 0 Å². The van der Waals surface area contributed by atoms with Gasteiger partial charge in [0.2, 0.25) is 0 Å². The molecule has 102 valence electrons. The molecule has 0 bridgehead atoms. The van der Waals surface area contributed by atoms with Crippen LogP contribution in [0.2, 0.25) is 0 Å². The van der Waals surface area contributed by atoms with E-state index in [0.717, 1.165) is 0 Å². The Kier molecular flexibility index (Phi) is 67.2. The van der Waals surface area contributed by atoms with Crippen LogP contribution in [0.1, 0.15) is 51.7 Å². The molecule has 0 unspecified atom stereocenters. The smallest absolute Gasteiger partial charge is 0 e. The summed E-state index contributed by atoms with van der Waals surface area (Å²) >= 11 is 0. The first-order valence-electron chi connectivity index (χ1n) is 5.05. The molecule has 0 saturated heterocycles. The van der Waals surface area contributed by atoms with Crippen LogP contribution in [0.15, 0.2) is 18.2 Å². The van der Waals surface area contributed by atoms with E-state index in [4.69, 9.17) is 0 Å². The molecule has 0 aliphatic heterocycles. The van der Waals surface area contributed by atoms with Crippen LogP contribution in [0.25, 0.3) is 0 Å². The molecule has 0 amide bonds. The third kappa shape index (κ3) is 21.5. The second-order valence-electron chi connectivity index (χ2n) is 3.02. The molecule has 0 saturated carbocycles. The van der Waals surface area contributed by atoms with Gasteiger partial charge in [-0.3, -0.25) is 6.07 Å². The van der Waals surface area contributed by atoms with Crippen molar-refractivity contribution in [3.63, 3.8) is 0 Å². The van der Waals surface area contributed by atoms with Crippen LogP contribution in [0, 0.1) is 27.3 Å². The average molecular weight is 562 g/mol. The SMILES string of the molecule is CC.C[CH-]c1[c-]cc(C(C)C)cc1.[CH3-].[CH3-].[Y].[Y].[Y].[Y]. The first-order chi connectivity index (χ1) is 6.24. The second kappa shape index (κ2) is 29.5. The fourth-order valence-corrected chi connectivity index (χ4v) is 0.988. The number of hydrogen-bond donors (Lipinski definition) is 0. The summed E-state index contributed by atoms with van der Waals surface area (Å²) in [6.07, 6.45) is 2.06. The molecule has 0 aromatic heterocycles. The van der Waals surface area contributed by atoms with Gasteiger partial charge in [0.25, 0.3) is 0 Å². The molecular formula is C15H26Y4-4. The molecule has 4 radical (unpaired) electrons. The molecule has 19 heavy (non-hydrogen) atoms. The van der Waals surface area contributed by atoms with Gasteiger partial charge in [-0.25, -0.2) is 0 Å². The Morgan fingerprint density at radius 1 is 0.947 bits per heavy atom. The van der Waals surface area contributed by atoms with E-state index in [1.54, 1.807) is 0 Å². The standard InChI is InChI=1S/C11H14.C2H6.2CH3.4Y/c1-4-10-5-7-11(8-6-10)9(2)3;1-2;;;;;;/h4-5,7-9H,1-3H3;1-2H3;2*1H3;;;;/q-2;;2*-1;;;;. The van der Waals surface area contributed by atoms with E-state index in [1.807, 2.05) is 20.8 Å². The fraction of sp³-hybridized carbons (Fsp3) is 0.400. The van der Waals surface area contributed by atoms with Crippen LogP contribution in [0.3, 0.4) is 0 Å². The summed E-state index contributed by atoms with van der Waals surface area (Å²) < 4.78 is 0. The van der Waals surface area contributed by atoms with Gasteiger partial charge in [0.05, 0.1) is 0 Å². The largest absolute Gasteiger partial charge is 0.371 e. The summed E-state index contributed by atoms with van der Waals surface area (Å²) in [5.41, 5.74) is 2.53. The van der Waals surface area contributed by atoms with Crippen molar-refractivity contribution in [2.45, 2.75) is 40.5 Å². The maximum Gasteiger partial charge on any atom is 0 e. The molecule has 0 nitrogen and oxygen atoms in total. The van der Waals surface area contributed by atoms with Crippen LogP contribution in [0.4, 0.5) is 0 Å². The molecule has 4 heteroatoms. The van der Waals surface area contributed by atoms with Gasteiger partial charge in [-0.1, -0.05) is 33.3 Å². The van der Waals surface area contributed by atoms with Gasteiger partial charge < -0.3 is 32.9 Å². The van der Waals surface area contributed by atoms with Crippen molar-refractivity contribution in [1.82, 2.24) is 0 Å². The zero-order valence-electron chi connectivity index (χ0n) is 13.7. The van der Waals surface area contributed by atoms with Crippen molar-refractivity contribution in [2.24, 2.45) is 0 Å². The van der Waals surface area contributed by atoms with Gasteiger partial charge >= 0.3 is 0 Å². The number of hydrogen-bond acceptors (Lipinski definition) is 0. The van der Waals surface area contributed by atoms with E-state index in [-0.39, 0.29) is 146 Å². The Balaban J connectivity index is -0.0000000344. The summed E-state index contributed by atoms with van der Waals surface area (Å²) in [5.74, 6) is 0.608. The molecule has 0 spiro atoms. The van der Waals surface area contributed by atoms with Gasteiger partial charge in [0.1, 0.15) is 0 Å². The van der Waals surface area contributed by atoms with E-state index in [2.05, 4.69) is 44.5 Å². The van der Waals surface area contributed by atoms with Crippen LogP contribution < -0.4 is 0 Å². The first kappa shape index (κ1) is 43.3. The third-order valence-electron chi connectivity index (χ3n) is 1.84. The van der Waals surface area contributed by atoms with Crippen LogP contribution >= 0.6 is 0 Å². The first-order valence-corrected chi connectivity index (χ1v) is 5.05. The van der Waals surface area contributed by atoms with Crippen LogP contribution in [-0.4, -0.2) is 0 Å². The zero-order valence-corrected chi connectivity index (χ0v) is 25.0. The minimum absolute atomic E-state index is 0.